The highest BCUT2D eigenvalue weighted by molar-refractivity contribution is 5.85. The summed E-state index contributed by atoms with van der Waals surface area (Å²) in [5, 5.41) is 3.15. The number of alkyl halides is 6. The number of piperazine rings is 1. The lowest BCUT2D eigenvalue weighted by molar-refractivity contribution is -0.143. The Morgan fingerprint density at radius 3 is 2.14 bits per heavy atom. The Morgan fingerprint density at radius 2 is 1.63 bits per heavy atom. The molecular formula is C23H25ClF7N3O. The van der Waals surface area contributed by atoms with Crippen molar-refractivity contribution in [2.45, 2.75) is 38.3 Å². The fourth-order valence-corrected chi connectivity index (χ4v) is 4.04. The Balaban J connectivity index is 0.00000432. The van der Waals surface area contributed by atoms with Crippen LogP contribution in [0.5, 0.6) is 0 Å². The van der Waals surface area contributed by atoms with E-state index in [-0.39, 0.29) is 30.6 Å². The van der Waals surface area contributed by atoms with Gasteiger partial charge in [-0.15, -0.1) is 12.4 Å². The van der Waals surface area contributed by atoms with Crippen LogP contribution in [0.1, 0.15) is 46.8 Å². The van der Waals surface area contributed by atoms with Crippen molar-refractivity contribution in [1.29, 1.82) is 0 Å². The first-order valence-electron chi connectivity index (χ1n) is 10.5. The summed E-state index contributed by atoms with van der Waals surface area (Å²) in [7, 11) is 1.33. The SMILES string of the molecule is Cc1cc(F)ccc1[C@@H]1CNCCN1C(=O)N(C)[C@@H](C)c1cc(C(F)(F)F)cc(C(F)(F)F)c1.Cl. The minimum absolute atomic E-state index is 0. The van der Waals surface area contributed by atoms with E-state index in [1.165, 1.54) is 31.0 Å². The Hall–Kier alpha value is -2.53. The van der Waals surface area contributed by atoms with E-state index in [0.29, 0.717) is 36.3 Å². The number of aryl methyl sites for hydroxylation is 1. The fourth-order valence-electron chi connectivity index (χ4n) is 4.04. The second-order valence-corrected chi connectivity index (χ2v) is 8.32. The molecule has 1 heterocycles. The third-order valence-corrected chi connectivity index (χ3v) is 6.06. The summed E-state index contributed by atoms with van der Waals surface area (Å²) in [6.45, 7) is 4.14. The highest BCUT2D eigenvalue weighted by atomic mass is 35.5. The van der Waals surface area contributed by atoms with Crippen LogP contribution in [0.2, 0.25) is 0 Å². The molecular weight excluding hydrogens is 503 g/mol. The second-order valence-electron chi connectivity index (χ2n) is 8.32. The quantitative estimate of drug-likeness (QED) is 0.472. The normalized spacial score (nSPS) is 17.5. The second kappa shape index (κ2) is 10.6. The molecule has 2 aromatic carbocycles. The molecule has 1 aliphatic heterocycles. The summed E-state index contributed by atoms with van der Waals surface area (Å²) in [6, 6.07) is 3.36. The molecule has 2 aromatic rings. The Morgan fingerprint density at radius 1 is 1.06 bits per heavy atom. The molecule has 0 spiro atoms. The van der Waals surface area contributed by atoms with Crippen molar-refractivity contribution in [2.75, 3.05) is 26.7 Å². The number of hydrogen-bond acceptors (Lipinski definition) is 2. The summed E-state index contributed by atoms with van der Waals surface area (Å²) in [5.74, 6) is -0.432. The van der Waals surface area contributed by atoms with Gasteiger partial charge in [-0.05, 0) is 60.9 Å². The third kappa shape index (κ3) is 6.38. The van der Waals surface area contributed by atoms with Gasteiger partial charge in [-0.3, -0.25) is 0 Å². The lowest BCUT2D eigenvalue weighted by Gasteiger charge is -2.40. The van der Waals surface area contributed by atoms with Gasteiger partial charge in [-0.25, -0.2) is 9.18 Å². The molecule has 4 nitrogen and oxygen atoms in total. The van der Waals surface area contributed by atoms with Crippen molar-refractivity contribution >= 4 is 18.4 Å². The van der Waals surface area contributed by atoms with Gasteiger partial charge in [0.1, 0.15) is 5.82 Å². The van der Waals surface area contributed by atoms with E-state index in [1.54, 1.807) is 13.0 Å². The number of benzene rings is 2. The number of nitrogens with one attached hydrogen (secondary N) is 1. The Labute approximate surface area is 204 Å². The van der Waals surface area contributed by atoms with Crippen LogP contribution in [0.4, 0.5) is 35.5 Å². The van der Waals surface area contributed by atoms with Gasteiger partial charge in [-0.1, -0.05) is 6.07 Å². The predicted octanol–water partition coefficient (Wildman–Crippen LogP) is 6.35. The highest BCUT2D eigenvalue weighted by Gasteiger charge is 2.38. The molecule has 2 amide bonds. The first kappa shape index (κ1) is 28.7. The number of carbonyl (C=O) groups excluding carboxylic acids is 1. The van der Waals surface area contributed by atoms with Crippen LogP contribution in [0.15, 0.2) is 36.4 Å². The molecule has 2 atom stereocenters. The molecule has 0 bridgehead atoms. The van der Waals surface area contributed by atoms with Crippen LogP contribution >= 0.6 is 12.4 Å². The predicted molar refractivity (Wildman–Crippen MR) is 119 cm³/mol. The van der Waals surface area contributed by atoms with Gasteiger partial charge in [0.15, 0.2) is 0 Å². The molecule has 1 aliphatic rings. The van der Waals surface area contributed by atoms with E-state index in [2.05, 4.69) is 5.32 Å². The molecule has 0 unspecified atom stereocenters. The molecule has 0 radical (unpaired) electrons. The molecule has 0 aliphatic carbocycles. The molecule has 194 valence electrons. The van der Waals surface area contributed by atoms with Crippen LogP contribution in [0.25, 0.3) is 0 Å². The Kier molecular flexibility index (Phi) is 8.70. The van der Waals surface area contributed by atoms with Crippen LogP contribution in [-0.2, 0) is 12.4 Å². The highest BCUT2D eigenvalue weighted by Crippen LogP contribution is 2.38. The largest absolute Gasteiger partial charge is 0.416 e. The van der Waals surface area contributed by atoms with E-state index in [9.17, 15) is 35.5 Å². The number of halogens is 8. The van der Waals surface area contributed by atoms with Crippen molar-refractivity contribution in [2.24, 2.45) is 0 Å². The molecule has 1 fully saturated rings. The summed E-state index contributed by atoms with van der Waals surface area (Å²) >= 11 is 0. The number of urea groups is 1. The summed E-state index contributed by atoms with van der Waals surface area (Å²) in [5.41, 5.74) is -1.85. The number of rotatable bonds is 3. The van der Waals surface area contributed by atoms with E-state index >= 15 is 0 Å². The van der Waals surface area contributed by atoms with Crippen molar-refractivity contribution in [1.82, 2.24) is 15.1 Å². The molecule has 1 saturated heterocycles. The van der Waals surface area contributed by atoms with Crippen molar-refractivity contribution < 1.29 is 35.5 Å². The summed E-state index contributed by atoms with van der Waals surface area (Å²) in [4.78, 5) is 16.0. The molecule has 35 heavy (non-hydrogen) atoms. The average molecular weight is 528 g/mol. The maximum atomic E-state index is 13.6. The van der Waals surface area contributed by atoms with Gasteiger partial charge in [-0.2, -0.15) is 26.3 Å². The average Bonchev–Trinajstić information content (AvgIpc) is 2.76. The molecule has 1 N–H and O–H groups in total. The maximum Gasteiger partial charge on any atom is 0.416 e. The van der Waals surface area contributed by atoms with Gasteiger partial charge in [0, 0.05) is 26.7 Å². The van der Waals surface area contributed by atoms with Gasteiger partial charge < -0.3 is 15.1 Å². The smallest absolute Gasteiger partial charge is 0.321 e. The van der Waals surface area contributed by atoms with Crippen molar-refractivity contribution in [3.8, 4) is 0 Å². The monoisotopic (exact) mass is 527 g/mol. The lowest BCUT2D eigenvalue weighted by atomic mass is 9.98. The van der Waals surface area contributed by atoms with Crippen LogP contribution < -0.4 is 5.32 Å². The van der Waals surface area contributed by atoms with Crippen molar-refractivity contribution in [3.05, 3.63) is 70.0 Å². The van der Waals surface area contributed by atoms with E-state index in [0.717, 1.165) is 4.90 Å². The first-order valence-corrected chi connectivity index (χ1v) is 10.5. The fraction of sp³-hybridized carbons (Fsp3) is 0.435. The maximum absolute atomic E-state index is 13.6. The van der Waals surface area contributed by atoms with E-state index in [1.807, 2.05) is 0 Å². The molecule has 0 saturated carbocycles. The topological polar surface area (TPSA) is 35.6 Å². The molecule has 0 aromatic heterocycles. The third-order valence-electron chi connectivity index (χ3n) is 6.06. The standard InChI is InChI=1S/C23H24F7N3O.ClH/c1-13-8-18(24)4-5-19(13)20-12-31-6-7-33(20)21(34)32(3)14(2)15-9-16(22(25,26)27)11-17(10-15)23(28,29)30;/h4-5,8-11,14,20,31H,6-7,12H2,1-3H3;1H/t14-,20-;/m0./s1. The zero-order chi connectivity index (χ0) is 25.4. The van der Waals surface area contributed by atoms with Crippen LogP contribution in [0.3, 0.4) is 0 Å². The van der Waals surface area contributed by atoms with Gasteiger partial charge in [0.25, 0.3) is 0 Å². The van der Waals surface area contributed by atoms with E-state index < -0.39 is 47.4 Å². The number of nitrogens with zero attached hydrogens (tertiary/aromatic N) is 2. The van der Waals surface area contributed by atoms with Gasteiger partial charge >= 0.3 is 18.4 Å². The zero-order valence-corrected chi connectivity index (χ0v) is 19.9. The first-order chi connectivity index (χ1) is 15.7. The molecule has 3 rings (SSSR count). The van der Waals surface area contributed by atoms with E-state index in [4.69, 9.17) is 0 Å². The molecule has 12 heteroatoms. The van der Waals surface area contributed by atoms with Crippen LogP contribution in [0, 0.1) is 12.7 Å². The number of carbonyl (C=O) groups is 1. The minimum Gasteiger partial charge on any atom is -0.321 e. The van der Waals surface area contributed by atoms with Gasteiger partial charge in [0.2, 0.25) is 0 Å². The minimum atomic E-state index is -4.98. The number of amides is 2. The van der Waals surface area contributed by atoms with Crippen LogP contribution in [-0.4, -0.2) is 42.5 Å². The summed E-state index contributed by atoms with van der Waals surface area (Å²) in [6.07, 6.45) is -9.97. The zero-order valence-electron chi connectivity index (χ0n) is 19.1. The number of hydrogen-bond donors (Lipinski definition) is 1. The van der Waals surface area contributed by atoms with Gasteiger partial charge in [0.05, 0.1) is 23.2 Å². The lowest BCUT2D eigenvalue weighted by Crippen LogP contribution is -2.52. The summed E-state index contributed by atoms with van der Waals surface area (Å²) < 4.78 is 93.2. The van der Waals surface area contributed by atoms with Crippen molar-refractivity contribution in [3.63, 3.8) is 0 Å². The Bertz CT molecular complexity index is 1030.